The fourth-order valence-corrected chi connectivity index (χ4v) is 2.71. The molecular formula is C16H25N3O3. The monoisotopic (exact) mass is 307 g/mol. The van der Waals surface area contributed by atoms with E-state index in [2.05, 4.69) is 4.90 Å². The number of aliphatic hydroxyl groups excluding tert-OH is 1. The third-order valence-corrected chi connectivity index (χ3v) is 4.06. The lowest BCUT2D eigenvalue weighted by molar-refractivity contribution is -0.132. The van der Waals surface area contributed by atoms with Gasteiger partial charge in [0.2, 0.25) is 5.91 Å². The number of hydrogen-bond donors (Lipinski definition) is 2. The van der Waals surface area contributed by atoms with Gasteiger partial charge in [-0.2, -0.15) is 0 Å². The second-order valence-electron chi connectivity index (χ2n) is 5.52. The molecule has 0 saturated carbocycles. The molecule has 1 fully saturated rings. The van der Waals surface area contributed by atoms with E-state index in [0.29, 0.717) is 30.8 Å². The van der Waals surface area contributed by atoms with E-state index in [1.165, 1.54) is 0 Å². The van der Waals surface area contributed by atoms with Crippen molar-refractivity contribution in [3.8, 4) is 5.75 Å². The average molecular weight is 307 g/mol. The van der Waals surface area contributed by atoms with Crippen molar-refractivity contribution >= 4 is 11.6 Å². The Balaban J connectivity index is 1.79. The van der Waals surface area contributed by atoms with Crippen LogP contribution < -0.4 is 10.5 Å². The minimum Gasteiger partial charge on any atom is -0.495 e. The van der Waals surface area contributed by atoms with Gasteiger partial charge < -0.3 is 20.5 Å². The molecule has 1 heterocycles. The largest absolute Gasteiger partial charge is 0.495 e. The number of amides is 1. The number of carbonyl (C=O) groups is 1. The first-order valence-electron chi connectivity index (χ1n) is 7.67. The van der Waals surface area contributed by atoms with Crippen molar-refractivity contribution in [3.05, 3.63) is 23.8 Å². The standard InChI is InChI=1S/C16H25N3O3/c1-22-15-4-2-13(12-14(15)17)3-5-16(21)19-8-6-18(7-9-19)10-11-20/h2,4,12,20H,3,5-11,17H2,1H3. The van der Waals surface area contributed by atoms with Crippen LogP contribution in [0, 0.1) is 0 Å². The smallest absolute Gasteiger partial charge is 0.222 e. The summed E-state index contributed by atoms with van der Waals surface area (Å²) in [5.41, 5.74) is 7.53. The van der Waals surface area contributed by atoms with E-state index >= 15 is 0 Å². The number of carbonyl (C=O) groups excluding carboxylic acids is 1. The number of nitrogens with two attached hydrogens (primary N) is 1. The summed E-state index contributed by atoms with van der Waals surface area (Å²) in [4.78, 5) is 16.3. The van der Waals surface area contributed by atoms with Crippen LogP contribution in [0.25, 0.3) is 0 Å². The fraction of sp³-hybridized carbons (Fsp3) is 0.562. The topological polar surface area (TPSA) is 79.0 Å². The van der Waals surface area contributed by atoms with E-state index in [-0.39, 0.29) is 12.5 Å². The molecule has 0 aliphatic carbocycles. The van der Waals surface area contributed by atoms with Crippen LogP contribution in [0.1, 0.15) is 12.0 Å². The number of β-amino-alcohol motifs (C(OH)–C–C–N with tert-alkyl or cyclic N) is 1. The summed E-state index contributed by atoms with van der Waals surface area (Å²) < 4.78 is 5.13. The first kappa shape index (κ1) is 16.6. The van der Waals surface area contributed by atoms with Crippen LogP contribution in [-0.4, -0.2) is 67.3 Å². The molecule has 1 aromatic carbocycles. The van der Waals surface area contributed by atoms with E-state index in [0.717, 1.165) is 31.7 Å². The number of nitrogens with zero attached hydrogens (tertiary/aromatic N) is 2. The van der Waals surface area contributed by atoms with Crippen molar-refractivity contribution in [3.63, 3.8) is 0 Å². The van der Waals surface area contributed by atoms with Crippen molar-refractivity contribution < 1.29 is 14.6 Å². The van der Waals surface area contributed by atoms with Gasteiger partial charge in [0.1, 0.15) is 5.75 Å². The van der Waals surface area contributed by atoms with Crippen LogP contribution in [0.3, 0.4) is 0 Å². The normalized spacial score (nSPS) is 15.8. The molecule has 3 N–H and O–H groups in total. The maximum absolute atomic E-state index is 12.2. The minimum absolute atomic E-state index is 0.173. The summed E-state index contributed by atoms with van der Waals surface area (Å²) in [6.45, 7) is 4.01. The van der Waals surface area contributed by atoms with E-state index in [4.69, 9.17) is 15.6 Å². The van der Waals surface area contributed by atoms with Gasteiger partial charge in [-0.15, -0.1) is 0 Å². The molecule has 1 saturated heterocycles. The number of hydrogen-bond acceptors (Lipinski definition) is 5. The molecular weight excluding hydrogens is 282 g/mol. The maximum atomic E-state index is 12.2. The zero-order valence-electron chi connectivity index (χ0n) is 13.1. The third kappa shape index (κ3) is 4.35. The predicted octanol–water partition coefficient (Wildman–Crippen LogP) is 0.347. The third-order valence-electron chi connectivity index (χ3n) is 4.06. The Bertz CT molecular complexity index is 499. The predicted molar refractivity (Wildman–Crippen MR) is 85.8 cm³/mol. The van der Waals surface area contributed by atoms with Crippen LogP contribution in [0.5, 0.6) is 5.75 Å². The van der Waals surface area contributed by atoms with E-state index < -0.39 is 0 Å². The minimum atomic E-state index is 0.173. The first-order chi connectivity index (χ1) is 10.6. The molecule has 0 aromatic heterocycles. The molecule has 0 atom stereocenters. The molecule has 1 aliphatic heterocycles. The van der Waals surface area contributed by atoms with Gasteiger partial charge in [-0.05, 0) is 24.1 Å². The van der Waals surface area contributed by atoms with Gasteiger partial charge in [-0.3, -0.25) is 9.69 Å². The van der Waals surface area contributed by atoms with E-state index in [9.17, 15) is 4.79 Å². The van der Waals surface area contributed by atoms with Crippen molar-refractivity contribution in [1.82, 2.24) is 9.80 Å². The number of rotatable bonds is 6. The van der Waals surface area contributed by atoms with Gasteiger partial charge in [0.25, 0.3) is 0 Å². The number of aryl methyl sites for hydroxylation is 1. The Morgan fingerprint density at radius 1 is 1.32 bits per heavy atom. The molecule has 6 nitrogen and oxygen atoms in total. The molecule has 0 bridgehead atoms. The summed E-state index contributed by atoms with van der Waals surface area (Å²) in [6.07, 6.45) is 1.18. The van der Waals surface area contributed by atoms with Gasteiger partial charge in [-0.25, -0.2) is 0 Å². The molecule has 1 aromatic rings. The van der Waals surface area contributed by atoms with Crippen LogP contribution in [0.15, 0.2) is 18.2 Å². The van der Waals surface area contributed by atoms with Crippen molar-refractivity contribution in [2.24, 2.45) is 0 Å². The second kappa shape index (κ2) is 8.00. The van der Waals surface area contributed by atoms with Gasteiger partial charge in [0, 0.05) is 39.1 Å². The SMILES string of the molecule is COc1ccc(CCC(=O)N2CCN(CCO)CC2)cc1N. The molecule has 1 aliphatic rings. The molecule has 6 heteroatoms. The summed E-state index contributed by atoms with van der Waals surface area (Å²) >= 11 is 0. The van der Waals surface area contributed by atoms with Gasteiger partial charge in [0.15, 0.2) is 0 Å². The lowest BCUT2D eigenvalue weighted by atomic mass is 10.1. The van der Waals surface area contributed by atoms with Gasteiger partial charge in [0.05, 0.1) is 19.4 Å². The lowest BCUT2D eigenvalue weighted by Crippen LogP contribution is -2.49. The second-order valence-corrected chi connectivity index (χ2v) is 5.52. The number of nitrogen functional groups attached to an aromatic ring is 1. The van der Waals surface area contributed by atoms with Crippen molar-refractivity contribution in [1.29, 1.82) is 0 Å². The van der Waals surface area contributed by atoms with Crippen LogP contribution in [-0.2, 0) is 11.2 Å². The molecule has 122 valence electrons. The highest BCUT2D eigenvalue weighted by atomic mass is 16.5. The Morgan fingerprint density at radius 3 is 2.64 bits per heavy atom. The van der Waals surface area contributed by atoms with Crippen molar-refractivity contribution in [2.45, 2.75) is 12.8 Å². The highest BCUT2D eigenvalue weighted by molar-refractivity contribution is 5.76. The number of piperazine rings is 1. The number of aliphatic hydroxyl groups is 1. The van der Waals surface area contributed by atoms with Crippen LogP contribution in [0.2, 0.25) is 0 Å². The molecule has 2 rings (SSSR count). The fourth-order valence-electron chi connectivity index (χ4n) is 2.71. The lowest BCUT2D eigenvalue weighted by Gasteiger charge is -2.34. The van der Waals surface area contributed by atoms with Crippen LogP contribution >= 0.6 is 0 Å². The quantitative estimate of drug-likeness (QED) is 0.741. The average Bonchev–Trinajstić information content (AvgIpc) is 2.54. The molecule has 22 heavy (non-hydrogen) atoms. The number of methoxy groups -OCH3 is 1. The van der Waals surface area contributed by atoms with Crippen LogP contribution in [0.4, 0.5) is 5.69 Å². The Kier molecular flexibility index (Phi) is 6.03. The highest BCUT2D eigenvalue weighted by Crippen LogP contribution is 2.22. The molecule has 0 spiro atoms. The number of benzene rings is 1. The van der Waals surface area contributed by atoms with E-state index in [1.807, 2.05) is 23.1 Å². The van der Waals surface area contributed by atoms with E-state index in [1.54, 1.807) is 7.11 Å². The molecule has 1 amide bonds. The summed E-state index contributed by atoms with van der Waals surface area (Å²) in [6, 6.07) is 5.65. The zero-order chi connectivity index (χ0) is 15.9. The Labute approximate surface area is 131 Å². The summed E-state index contributed by atoms with van der Waals surface area (Å²) in [5, 5.41) is 8.92. The highest BCUT2D eigenvalue weighted by Gasteiger charge is 2.20. The number of anilines is 1. The van der Waals surface area contributed by atoms with Gasteiger partial charge in [-0.1, -0.05) is 6.07 Å². The zero-order valence-corrected chi connectivity index (χ0v) is 13.1. The molecule has 0 radical (unpaired) electrons. The Hall–Kier alpha value is -1.79. The van der Waals surface area contributed by atoms with Gasteiger partial charge >= 0.3 is 0 Å². The number of ether oxygens (including phenoxy) is 1. The summed E-state index contributed by atoms with van der Waals surface area (Å²) in [7, 11) is 1.59. The molecule has 0 unspecified atom stereocenters. The van der Waals surface area contributed by atoms with Crippen molar-refractivity contribution in [2.75, 3.05) is 52.2 Å². The summed E-state index contributed by atoms with van der Waals surface area (Å²) in [5.74, 6) is 0.841. The maximum Gasteiger partial charge on any atom is 0.222 e. The Morgan fingerprint density at radius 2 is 2.05 bits per heavy atom. The first-order valence-corrected chi connectivity index (χ1v) is 7.67.